The van der Waals surface area contributed by atoms with Gasteiger partial charge in [-0.15, -0.1) is 4.98 Å². The number of anilines is 1. The molecule has 1 aromatic heterocycles. The van der Waals surface area contributed by atoms with Gasteiger partial charge in [0.05, 0.1) is 14.2 Å². The molecule has 2 amide bonds. The molecule has 29 heavy (non-hydrogen) atoms. The van der Waals surface area contributed by atoms with E-state index in [9.17, 15) is 26.4 Å². The van der Waals surface area contributed by atoms with Gasteiger partial charge in [-0.25, -0.2) is 17.9 Å². The molecule has 1 N–H and O–H groups in total. The number of halogens is 3. The number of carbonyl (C=O) groups is 1. The van der Waals surface area contributed by atoms with Gasteiger partial charge < -0.3 is 9.47 Å². The Morgan fingerprint density at radius 3 is 2.17 bits per heavy atom. The average Bonchev–Trinajstić information content (AvgIpc) is 2.65. The number of urea groups is 1. The fourth-order valence-electron chi connectivity index (χ4n) is 1.87. The van der Waals surface area contributed by atoms with Crippen LogP contribution in [0.2, 0.25) is 0 Å². The van der Waals surface area contributed by atoms with Crippen LogP contribution in [0.15, 0.2) is 34.1 Å². The molecule has 0 fully saturated rings. The van der Waals surface area contributed by atoms with Crippen molar-refractivity contribution in [2.24, 2.45) is 0 Å². The Morgan fingerprint density at radius 2 is 1.66 bits per heavy atom. The SMILES string of the molecule is COc1nc(OC)nc(N(C)C(=O)NS(=O)(=O)c2ccccc2SC(F)(F)F)n1. The van der Waals surface area contributed by atoms with Crippen LogP contribution in [-0.4, -0.2) is 56.2 Å². The van der Waals surface area contributed by atoms with E-state index in [-0.39, 0.29) is 18.0 Å². The Balaban J connectivity index is 2.31. The van der Waals surface area contributed by atoms with Crippen molar-refractivity contribution in [3.05, 3.63) is 24.3 Å². The highest BCUT2D eigenvalue weighted by molar-refractivity contribution is 8.01. The first-order valence-corrected chi connectivity index (χ1v) is 9.76. The largest absolute Gasteiger partial charge is 0.467 e. The van der Waals surface area contributed by atoms with Gasteiger partial charge in [0.15, 0.2) is 0 Å². The number of ether oxygens (including phenoxy) is 2. The number of methoxy groups -OCH3 is 2. The Morgan fingerprint density at radius 1 is 1.10 bits per heavy atom. The number of nitrogens with one attached hydrogen (secondary N) is 1. The molecule has 0 unspecified atom stereocenters. The van der Waals surface area contributed by atoms with E-state index >= 15 is 0 Å². The minimum absolute atomic E-state index is 0.207. The van der Waals surface area contributed by atoms with Gasteiger partial charge in [-0.2, -0.15) is 23.1 Å². The number of aromatic nitrogens is 3. The first-order chi connectivity index (χ1) is 13.5. The molecule has 0 atom stereocenters. The topological polar surface area (TPSA) is 124 Å². The number of thioether (sulfide) groups is 1. The summed E-state index contributed by atoms with van der Waals surface area (Å²) in [6.45, 7) is 0. The zero-order valence-electron chi connectivity index (χ0n) is 15.1. The molecule has 15 heteroatoms. The molecule has 2 aromatic rings. The van der Waals surface area contributed by atoms with Gasteiger partial charge in [0.25, 0.3) is 10.0 Å². The summed E-state index contributed by atoms with van der Waals surface area (Å²) in [6.07, 6.45) is 0. The normalized spacial score (nSPS) is 11.7. The molecule has 0 aliphatic rings. The van der Waals surface area contributed by atoms with E-state index in [4.69, 9.17) is 9.47 Å². The summed E-state index contributed by atoms with van der Waals surface area (Å²) < 4.78 is 74.4. The van der Waals surface area contributed by atoms with Gasteiger partial charge in [0.1, 0.15) is 4.90 Å². The molecule has 1 heterocycles. The Labute approximate surface area is 167 Å². The van der Waals surface area contributed by atoms with E-state index < -0.39 is 43.1 Å². The Hall–Kier alpha value is -2.81. The van der Waals surface area contributed by atoms with Gasteiger partial charge >= 0.3 is 23.6 Å². The second kappa shape index (κ2) is 8.69. The van der Waals surface area contributed by atoms with Crippen molar-refractivity contribution in [2.45, 2.75) is 15.3 Å². The number of rotatable bonds is 6. The minimum atomic E-state index is -4.72. The lowest BCUT2D eigenvalue weighted by Crippen LogP contribution is -2.41. The predicted octanol–water partition coefficient (Wildman–Crippen LogP) is 2.04. The number of amides is 2. The average molecular weight is 453 g/mol. The molecular weight excluding hydrogens is 439 g/mol. The van der Waals surface area contributed by atoms with E-state index in [1.165, 1.54) is 26.4 Å². The van der Waals surface area contributed by atoms with Gasteiger partial charge in [0.2, 0.25) is 5.95 Å². The first-order valence-electron chi connectivity index (χ1n) is 7.46. The lowest BCUT2D eigenvalue weighted by molar-refractivity contribution is -0.0329. The third-order valence-electron chi connectivity index (χ3n) is 3.14. The standard InChI is InChI=1S/C14H14F3N5O5S2/c1-22(10-18-11(26-2)20-12(19-10)27-3)13(23)21-29(24,25)9-7-5-4-6-8(9)28-14(15,16)17/h4-7H,1-3H3,(H,21,23). The van der Waals surface area contributed by atoms with Gasteiger partial charge in [0, 0.05) is 11.9 Å². The molecule has 0 aliphatic carbocycles. The quantitative estimate of drug-likeness (QED) is 0.654. The van der Waals surface area contributed by atoms with E-state index in [0.717, 1.165) is 19.2 Å². The molecular formula is C14H14F3N5O5S2. The van der Waals surface area contributed by atoms with Crippen LogP contribution in [0.3, 0.4) is 0 Å². The van der Waals surface area contributed by atoms with Crippen LogP contribution in [0.4, 0.5) is 23.9 Å². The fourth-order valence-corrected chi connectivity index (χ4v) is 3.96. The fraction of sp³-hybridized carbons (Fsp3) is 0.286. The summed E-state index contributed by atoms with van der Waals surface area (Å²) in [5.41, 5.74) is -4.72. The first kappa shape index (κ1) is 22.5. The van der Waals surface area contributed by atoms with Crippen molar-refractivity contribution >= 4 is 33.8 Å². The lowest BCUT2D eigenvalue weighted by atomic mass is 10.4. The third kappa shape index (κ3) is 5.83. The van der Waals surface area contributed by atoms with Crippen molar-refractivity contribution < 1.29 is 35.9 Å². The molecule has 10 nitrogen and oxygen atoms in total. The van der Waals surface area contributed by atoms with Crippen LogP contribution in [0.25, 0.3) is 0 Å². The van der Waals surface area contributed by atoms with Crippen LogP contribution in [0, 0.1) is 0 Å². The molecule has 0 saturated carbocycles. The second-order valence-corrected chi connectivity index (χ2v) is 7.83. The van der Waals surface area contributed by atoms with Crippen molar-refractivity contribution in [1.82, 2.24) is 19.7 Å². The Bertz CT molecular complexity index is 981. The van der Waals surface area contributed by atoms with Crippen LogP contribution in [-0.2, 0) is 10.0 Å². The van der Waals surface area contributed by atoms with E-state index in [1.807, 2.05) is 0 Å². The van der Waals surface area contributed by atoms with Gasteiger partial charge in [-0.05, 0) is 23.9 Å². The number of hydrogen-bond donors (Lipinski definition) is 1. The summed E-state index contributed by atoms with van der Waals surface area (Å²) in [5, 5.41) is 0. The van der Waals surface area contributed by atoms with Gasteiger partial charge in [-0.3, -0.25) is 4.90 Å². The smallest absolute Gasteiger partial charge is 0.446 e. The maximum Gasteiger partial charge on any atom is 0.446 e. The van der Waals surface area contributed by atoms with Crippen molar-refractivity contribution in [2.75, 3.05) is 26.2 Å². The highest BCUT2D eigenvalue weighted by Crippen LogP contribution is 2.39. The lowest BCUT2D eigenvalue weighted by Gasteiger charge is -2.17. The Kier molecular flexibility index (Phi) is 6.73. The summed E-state index contributed by atoms with van der Waals surface area (Å²) in [7, 11) is -1.01. The second-order valence-electron chi connectivity index (χ2n) is 5.07. The highest BCUT2D eigenvalue weighted by Gasteiger charge is 2.33. The number of benzene rings is 1. The number of carbonyl (C=O) groups excluding carboxylic acids is 1. The molecule has 158 valence electrons. The molecule has 0 radical (unpaired) electrons. The van der Waals surface area contributed by atoms with E-state index in [1.54, 1.807) is 4.72 Å². The molecule has 1 aromatic carbocycles. The van der Waals surface area contributed by atoms with Crippen molar-refractivity contribution in [3.8, 4) is 12.0 Å². The molecule has 0 aliphatic heterocycles. The number of hydrogen-bond acceptors (Lipinski definition) is 9. The number of nitrogens with zero attached hydrogens (tertiary/aromatic N) is 4. The summed E-state index contributed by atoms with van der Waals surface area (Å²) in [5.74, 6) is -0.320. The van der Waals surface area contributed by atoms with E-state index in [2.05, 4.69) is 15.0 Å². The zero-order valence-corrected chi connectivity index (χ0v) is 16.7. The minimum Gasteiger partial charge on any atom is -0.467 e. The number of sulfonamides is 1. The van der Waals surface area contributed by atoms with Gasteiger partial charge in [-0.1, -0.05) is 12.1 Å². The zero-order chi connectivity index (χ0) is 21.8. The monoisotopic (exact) mass is 453 g/mol. The maximum atomic E-state index is 12.7. The highest BCUT2D eigenvalue weighted by atomic mass is 32.2. The summed E-state index contributed by atoms with van der Waals surface area (Å²) in [6, 6.07) is 2.74. The predicted molar refractivity (Wildman–Crippen MR) is 95.4 cm³/mol. The van der Waals surface area contributed by atoms with Crippen LogP contribution in [0.1, 0.15) is 0 Å². The maximum absolute atomic E-state index is 12.7. The summed E-state index contributed by atoms with van der Waals surface area (Å²) >= 11 is -0.614. The molecule has 0 bridgehead atoms. The van der Waals surface area contributed by atoms with Crippen LogP contribution in [0.5, 0.6) is 12.0 Å². The molecule has 2 rings (SSSR count). The molecule has 0 saturated heterocycles. The molecule has 0 spiro atoms. The van der Waals surface area contributed by atoms with Crippen LogP contribution < -0.4 is 19.1 Å². The third-order valence-corrected chi connectivity index (χ3v) is 5.45. The summed E-state index contributed by atoms with van der Waals surface area (Å²) in [4.78, 5) is 23.0. The van der Waals surface area contributed by atoms with E-state index in [0.29, 0.717) is 4.90 Å². The van der Waals surface area contributed by atoms with Crippen molar-refractivity contribution in [3.63, 3.8) is 0 Å². The van der Waals surface area contributed by atoms with Crippen molar-refractivity contribution in [1.29, 1.82) is 0 Å². The van der Waals surface area contributed by atoms with Crippen LogP contribution >= 0.6 is 11.8 Å². The number of alkyl halides is 3.